The van der Waals surface area contributed by atoms with Crippen LogP contribution in [0.3, 0.4) is 0 Å². The zero-order valence-electron chi connectivity index (χ0n) is 14.6. The second-order valence-electron chi connectivity index (χ2n) is 6.53. The van der Waals surface area contributed by atoms with E-state index in [0.717, 1.165) is 0 Å². The molecule has 0 atom stereocenters. The van der Waals surface area contributed by atoms with Gasteiger partial charge in [-0.15, -0.1) is 0 Å². The molecule has 0 bridgehead atoms. The molecule has 0 aromatic carbocycles. The van der Waals surface area contributed by atoms with E-state index in [1.54, 1.807) is 0 Å². The summed E-state index contributed by atoms with van der Waals surface area (Å²) in [5, 5.41) is 28.6. The van der Waals surface area contributed by atoms with E-state index in [4.69, 9.17) is 13.3 Å². The molecule has 23 heavy (non-hydrogen) atoms. The molecule has 7 heteroatoms. The van der Waals surface area contributed by atoms with Crippen LogP contribution in [0.5, 0.6) is 0 Å². The zero-order chi connectivity index (χ0) is 18.4. The van der Waals surface area contributed by atoms with E-state index in [9.17, 15) is 15.3 Å². The van der Waals surface area contributed by atoms with E-state index < -0.39 is 25.6 Å². The highest BCUT2D eigenvalue weighted by molar-refractivity contribution is 6.60. The molecule has 0 aliphatic rings. The normalized spacial score (nSPS) is 11.7. The third-order valence-corrected chi connectivity index (χ3v) is 3.20. The predicted molar refractivity (Wildman–Crippen MR) is 87.1 cm³/mol. The van der Waals surface area contributed by atoms with E-state index in [0.29, 0.717) is 0 Å². The van der Waals surface area contributed by atoms with Crippen LogP contribution in [0.1, 0.15) is 41.5 Å². The summed E-state index contributed by atoms with van der Waals surface area (Å²) in [6.45, 7) is 10.4. The highest BCUT2D eigenvalue weighted by Crippen LogP contribution is 2.09. The first kappa shape index (κ1) is 21.2. The minimum atomic E-state index is -3.40. The minimum absolute atomic E-state index is 1.24. The molecular formula is C16H24O6Si. The fourth-order valence-corrected chi connectivity index (χ4v) is 1.63. The maximum Gasteiger partial charge on any atom is 0.721 e. The Balaban J connectivity index is 5.19. The smallest absolute Gasteiger partial charge is 0.432 e. The Morgan fingerprint density at radius 2 is 0.826 bits per heavy atom. The second-order valence-corrected chi connectivity index (χ2v) is 8.86. The van der Waals surface area contributed by atoms with Crippen molar-refractivity contribution in [3.8, 4) is 36.1 Å². The summed E-state index contributed by atoms with van der Waals surface area (Å²) in [5.41, 5.74) is -3.73. The van der Waals surface area contributed by atoms with Gasteiger partial charge in [-0.3, -0.25) is 0 Å². The lowest BCUT2D eigenvalue weighted by molar-refractivity contribution is 0.141. The highest BCUT2D eigenvalue weighted by Gasteiger charge is 2.42. The first-order valence-corrected chi connectivity index (χ1v) is 9.12. The molecule has 0 radical (unpaired) electrons. The molecule has 0 unspecified atom stereocenters. The van der Waals surface area contributed by atoms with Crippen LogP contribution < -0.4 is 0 Å². The molecule has 0 rings (SSSR count). The van der Waals surface area contributed by atoms with Crippen molar-refractivity contribution in [1.29, 1.82) is 0 Å². The van der Waals surface area contributed by atoms with Crippen molar-refractivity contribution in [3.05, 3.63) is 0 Å². The summed E-state index contributed by atoms with van der Waals surface area (Å²) in [4.78, 5) is 0. The fourth-order valence-electron chi connectivity index (χ4n) is 0.792. The van der Waals surface area contributed by atoms with Gasteiger partial charge >= 0.3 is 8.80 Å². The van der Waals surface area contributed by atoms with Gasteiger partial charge in [0.2, 0.25) is 0 Å². The third kappa shape index (κ3) is 13.6. The van der Waals surface area contributed by atoms with Crippen LogP contribution in [0, 0.1) is 36.1 Å². The molecule has 0 saturated heterocycles. The largest absolute Gasteiger partial charge is 0.721 e. The Bertz CT molecular complexity index is 489. The lowest BCUT2D eigenvalue weighted by atomic mass is 10.2. The van der Waals surface area contributed by atoms with Crippen molar-refractivity contribution in [2.45, 2.75) is 64.9 Å². The predicted octanol–water partition coefficient (Wildman–Crippen LogP) is 0.800. The molecular weight excluding hydrogens is 316 g/mol. The van der Waals surface area contributed by atoms with Crippen molar-refractivity contribution in [2.75, 3.05) is 0 Å². The van der Waals surface area contributed by atoms with Crippen LogP contribution in [0.15, 0.2) is 0 Å². The third-order valence-electron chi connectivity index (χ3n) is 1.78. The molecule has 3 N–H and O–H groups in total. The van der Waals surface area contributed by atoms with Crippen molar-refractivity contribution in [2.24, 2.45) is 0 Å². The van der Waals surface area contributed by atoms with Gasteiger partial charge in [-0.2, -0.15) is 0 Å². The summed E-state index contributed by atoms with van der Waals surface area (Å²) in [6.07, 6.45) is 6.94. The van der Waals surface area contributed by atoms with Crippen LogP contribution in [0.2, 0.25) is 6.55 Å². The van der Waals surface area contributed by atoms with Crippen molar-refractivity contribution >= 4 is 8.80 Å². The standard InChI is InChI=1S/C16H24O6Si/c1-14(2,17)8-11-20-23(7,21-12-9-15(3,4)18)22-13-10-16(5,6)19/h17-19H,1-7H3. The monoisotopic (exact) mass is 340 g/mol. The number of aliphatic hydroxyl groups is 3. The first-order valence-electron chi connectivity index (χ1n) is 6.90. The Labute approximate surface area is 139 Å². The lowest BCUT2D eigenvalue weighted by Gasteiger charge is -2.18. The average Bonchev–Trinajstić information content (AvgIpc) is 2.22. The van der Waals surface area contributed by atoms with E-state index in [-0.39, 0.29) is 0 Å². The van der Waals surface area contributed by atoms with Crippen molar-refractivity contribution < 1.29 is 28.6 Å². The molecule has 128 valence electrons. The quantitative estimate of drug-likeness (QED) is 0.520. The second kappa shape index (κ2) is 7.63. The number of hydrogen-bond acceptors (Lipinski definition) is 6. The Morgan fingerprint density at radius 3 is 1.00 bits per heavy atom. The van der Waals surface area contributed by atoms with Gasteiger partial charge in [0.25, 0.3) is 0 Å². The first-order chi connectivity index (χ1) is 10.1. The fraction of sp³-hybridized carbons (Fsp3) is 0.625. The van der Waals surface area contributed by atoms with Gasteiger partial charge in [-0.05, 0) is 59.3 Å². The van der Waals surface area contributed by atoms with Crippen LogP contribution in [0.25, 0.3) is 0 Å². The van der Waals surface area contributed by atoms with Gasteiger partial charge in [0, 0.05) is 6.55 Å². The topological polar surface area (TPSA) is 88.4 Å². The molecule has 0 aromatic heterocycles. The van der Waals surface area contributed by atoms with Gasteiger partial charge in [-0.25, -0.2) is 0 Å². The molecule has 0 aliphatic carbocycles. The lowest BCUT2D eigenvalue weighted by Crippen LogP contribution is -2.39. The maximum atomic E-state index is 9.54. The Kier molecular flexibility index (Phi) is 7.03. The van der Waals surface area contributed by atoms with E-state index in [1.807, 2.05) is 0 Å². The molecule has 0 aliphatic heterocycles. The van der Waals surface area contributed by atoms with Gasteiger partial charge in [0.1, 0.15) is 35.1 Å². The van der Waals surface area contributed by atoms with Crippen molar-refractivity contribution in [1.82, 2.24) is 0 Å². The van der Waals surface area contributed by atoms with Crippen molar-refractivity contribution in [3.63, 3.8) is 0 Å². The minimum Gasteiger partial charge on any atom is -0.432 e. The summed E-state index contributed by atoms with van der Waals surface area (Å²) in [7, 11) is -3.40. The average molecular weight is 340 g/mol. The molecule has 0 spiro atoms. The Morgan fingerprint density at radius 1 is 0.609 bits per heavy atom. The maximum absolute atomic E-state index is 9.54. The molecule has 0 heterocycles. The molecule has 0 saturated carbocycles. The zero-order valence-corrected chi connectivity index (χ0v) is 15.6. The van der Waals surface area contributed by atoms with Crippen LogP contribution in [-0.2, 0) is 13.3 Å². The van der Waals surface area contributed by atoms with Gasteiger partial charge in [0.15, 0.2) is 0 Å². The van der Waals surface area contributed by atoms with E-state index in [1.165, 1.54) is 48.1 Å². The highest BCUT2D eigenvalue weighted by atomic mass is 28.4. The number of rotatable bonds is 3. The van der Waals surface area contributed by atoms with Crippen LogP contribution in [-0.4, -0.2) is 40.9 Å². The Hall–Kier alpha value is -1.82. The van der Waals surface area contributed by atoms with E-state index >= 15 is 0 Å². The van der Waals surface area contributed by atoms with E-state index in [2.05, 4.69) is 36.1 Å². The van der Waals surface area contributed by atoms with Gasteiger partial charge in [0.05, 0.1) is 0 Å². The summed E-state index contributed by atoms with van der Waals surface area (Å²) in [6, 6.07) is 0. The van der Waals surface area contributed by atoms with Gasteiger partial charge in [-0.1, -0.05) is 0 Å². The SMILES string of the molecule is CC(C)(O)C#CO[Si](C)(OC#CC(C)(C)O)OC#CC(C)(C)O. The molecule has 0 fully saturated rings. The molecule has 0 amide bonds. The van der Waals surface area contributed by atoms with Gasteiger partial charge < -0.3 is 28.6 Å². The molecule has 0 aromatic rings. The summed E-state index contributed by atoms with van der Waals surface area (Å²) >= 11 is 0. The summed E-state index contributed by atoms with van der Waals surface area (Å²) < 4.78 is 15.7. The van der Waals surface area contributed by atoms with Crippen LogP contribution >= 0.6 is 0 Å². The van der Waals surface area contributed by atoms with Crippen LogP contribution in [0.4, 0.5) is 0 Å². The molecule has 6 nitrogen and oxygen atoms in total. The number of hydrogen-bond donors (Lipinski definition) is 3. The summed E-state index contributed by atoms with van der Waals surface area (Å²) in [5.74, 6) is 7.36.